The monoisotopic (exact) mass is 295 g/mol. The minimum Gasteiger partial charge on any atom is -0.480 e. The molecule has 0 aliphatic heterocycles. The summed E-state index contributed by atoms with van der Waals surface area (Å²) in [6.07, 6.45) is 0. The number of carboxylic acid groups (broad SMARTS) is 1. The van der Waals surface area contributed by atoms with Crippen molar-refractivity contribution in [2.24, 2.45) is 0 Å². The Labute approximate surface area is 120 Å². The lowest BCUT2D eigenvalue weighted by atomic mass is 10.2. The third-order valence-corrected chi connectivity index (χ3v) is 2.52. The summed E-state index contributed by atoms with van der Waals surface area (Å²) in [5.41, 5.74) is 0.0575. The molecule has 0 aliphatic rings. The Bertz CT molecular complexity index is 571. The molecule has 2 amide bonds. The molecular weight excluding hydrogens is 281 g/mol. The van der Waals surface area contributed by atoms with Crippen LogP contribution in [0, 0.1) is 17.1 Å². The lowest BCUT2D eigenvalue weighted by Crippen LogP contribution is -2.40. The topological polar surface area (TPSA) is 103 Å². The van der Waals surface area contributed by atoms with Gasteiger partial charge in [-0.3, -0.25) is 4.79 Å². The third-order valence-electron chi connectivity index (χ3n) is 2.52. The van der Waals surface area contributed by atoms with Gasteiger partial charge in [-0.2, -0.15) is 5.26 Å². The lowest BCUT2D eigenvalue weighted by Gasteiger charge is -2.21. The van der Waals surface area contributed by atoms with Crippen LogP contribution in [0.3, 0.4) is 0 Å². The zero-order valence-electron chi connectivity index (χ0n) is 11.3. The van der Waals surface area contributed by atoms with Gasteiger partial charge in [-0.1, -0.05) is 0 Å². The molecule has 0 spiro atoms. The van der Waals surface area contributed by atoms with Crippen molar-refractivity contribution in [3.05, 3.63) is 29.6 Å². The number of hydrogen-bond acceptors (Lipinski definition) is 4. The van der Waals surface area contributed by atoms with E-state index >= 15 is 0 Å². The average Bonchev–Trinajstić information content (AvgIpc) is 2.44. The first-order valence-corrected chi connectivity index (χ1v) is 5.94. The van der Waals surface area contributed by atoms with Crippen molar-refractivity contribution < 1.29 is 23.8 Å². The van der Waals surface area contributed by atoms with Crippen LogP contribution in [0.4, 0.5) is 14.9 Å². The smallest absolute Gasteiger partial charge is 0.323 e. The number of nitriles is 1. The Hall–Kier alpha value is -2.66. The maximum atomic E-state index is 13.0. The fourth-order valence-corrected chi connectivity index (χ4v) is 1.53. The number of benzene rings is 1. The third kappa shape index (κ3) is 5.08. The molecule has 0 atom stereocenters. The molecule has 7 nitrogen and oxygen atoms in total. The van der Waals surface area contributed by atoms with Gasteiger partial charge in [-0.15, -0.1) is 0 Å². The molecule has 0 fully saturated rings. The highest BCUT2D eigenvalue weighted by atomic mass is 19.1. The Kier molecular flexibility index (Phi) is 6.10. The fraction of sp³-hybridized carbons (Fsp3) is 0.308. The summed E-state index contributed by atoms with van der Waals surface area (Å²) in [5.74, 6) is -1.79. The largest absolute Gasteiger partial charge is 0.480 e. The predicted molar refractivity (Wildman–Crippen MR) is 71.2 cm³/mol. The quantitative estimate of drug-likeness (QED) is 0.822. The summed E-state index contributed by atoms with van der Waals surface area (Å²) in [7, 11) is 1.42. The van der Waals surface area contributed by atoms with Crippen LogP contribution in [0.1, 0.15) is 5.56 Å². The van der Waals surface area contributed by atoms with E-state index in [4.69, 9.17) is 15.1 Å². The Morgan fingerprint density at radius 1 is 1.52 bits per heavy atom. The van der Waals surface area contributed by atoms with E-state index in [1.54, 1.807) is 6.07 Å². The van der Waals surface area contributed by atoms with E-state index in [0.717, 1.165) is 17.0 Å². The molecule has 0 aromatic heterocycles. The van der Waals surface area contributed by atoms with Gasteiger partial charge in [0.25, 0.3) is 0 Å². The highest BCUT2D eigenvalue weighted by molar-refractivity contribution is 5.92. The number of nitrogens with one attached hydrogen (secondary N) is 1. The van der Waals surface area contributed by atoms with Crippen LogP contribution in [0.2, 0.25) is 0 Å². The number of carboxylic acids is 1. The SMILES string of the molecule is COCCN(CC(=O)O)C(=O)Nc1ccc(F)cc1C#N. The zero-order valence-corrected chi connectivity index (χ0v) is 11.3. The highest BCUT2D eigenvalue weighted by Gasteiger charge is 2.18. The normalized spacial score (nSPS) is 9.76. The Morgan fingerprint density at radius 2 is 2.24 bits per heavy atom. The summed E-state index contributed by atoms with van der Waals surface area (Å²) in [6, 6.07) is 4.35. The second kappa shape index (κ2) is 7.81. The van der Waals surface area contributed by atoms with Crippen LogP contribution >= 0.6 is 0 Å². The van der Waals surface area contributed by atoms with Crippen molar-refractivity contribution in [1.29, 1.82) is 5.26 Å². The number of rotatable bonds is 6. The number of halogens is 1. The fourth-order valence-electron chi connectivity index (χ4n) is 1.53. The molecule has 2 N–H and O–H groups in total. The summed E-state index contributed by atoms with van der Waals surface area (Å²) >= 11 is 0. The van der Waals surface area contributed by atoms with E-state index < -0.39 is 24.4 Å². The van der Waals surface area contributed by atoms with Crippen molar-refractivity contribution in [3.8, 4) is 6.07 Å². The summed E-state index contributed by atoms with van der Waals surface area (Å²) < 4.78 is 17.8. The van der Waals surface area contributed by atoms with Crippen LogP contribution < -0.4 is 5.32 Å². The van der Waals surface area contributed by atoms with Gasteiger partial charge in [-0.25, -0.2) is 9.18 Å². The number of ether oxygens (including phenoxy) is 1. The second-order valence-corrected chi connectivity index (χ2v) is 4.04. The van der Waals surface area contributed by atoms with Gasteiger partial charge in [0, 0.05) is 13.7 Å². The van der Waals surface area contributed by atoms with Gasteiger partial charge in [-0.05, 0) is 18.2 Å². The average molecular weight is 295 g/mol. The molecule has 1 aromatic rings. The molecule has 0 bridgehead atoms. The molecule has 112 valence electrons. The number of hydrogen-bond donors (Lipinski definition) is 2. The summed E-state index contributed by atoms with van der Waals surface area (Å²) in [6.45, 7) is -0.286. The number of methoxy groups -OCH3 is 1. The van der Waals surface area contributed by atoms with Gasteiger partial charge >= 0.3 is 12.0 Å². The number of anilines is 1. The number of urea groups is 1. The van der Waals surface area contributed by atoms with Gasteiger partial charge in [0.15, 0.2) is 0 Å². The molecule has 1 rings (SSSR count). The predicted octanol–water partition coefficient (Wildman–Crippen LogP) is 1.26. The van der Waals surface area contributed by atoms with Gasteiger partial charge < -0.3 is 20.1 Å². The van der Waals surface area contributed by atoms with E-state index in [-0.39, 0.29) is 24.4 Å². The van der Waals surface area contributed by atoms with E-state index in [9.17, 15) is 14.0 Å². The standard InChI is InChI=1S/C13H14FN3O4/c1-21-5-4-17(8-12(18)19)13(20)16-11-3-2-10(14)6-9(11)7-15/h2-3,6H,4-5,8H2,1H3,(H,16,20)(H,18,19). The molecule has 8 heteroatoms. The molecule has 0 radical (unpaired) electrons. The molecule has 21 heavy (non-hydrogen) atoms. The van der Waals surface area contributed by atoms with Crippen LogP contribution in [0.5, 0.6) is 0 Å². The molecule has 0 unspecified atom stereocenters. The summed E-state index contributed by atoms with van der Waals surface area (Å²) in [4.78, 5) is 23.7. The summed E-state index contributed by atoms with van der Waals surface area (Å²) in [5, 5.41) is 20.0. The molecule has 1 aromatic carbocycles. The molecule has 0 saturated heterocycles. The van der Waals surface area contributed by atoms with Crippen LogP contribution in [-0.4, -0.2) is 48.8 Å². The van der Waals surface area contributed by atoms with Crippen molar-refractivity contribution in [3.63, 3.8) is 0 Å². The van der Waals surface area contributed by atoms with Crippen molar-refractivity contribution in [2.45, 2.75) is 0 Å². The van der Waals surface area contributed by atoms with Crippen molar-refractivity contribution in [1.82, 2.24) is 4.90 Å². The lowest BCUT2D eigenvalue weighted by molar-refractivity contribution is -0.137. The van der Waals surface area contributed by atoms with E-state index in [2.05, 4.69) is 5.32 Å². The maximum absolute atomic E-state index is 13.0. The number of carbonyl (C=O) groups excluding carboxylic acids is 1. The first kappa shape index (κ1) is 16.4. The van der Waals surface area contributed by atoms with Gasteiger partial charge in [0.05, 0.1) is 17.9 Å². The molecular formula is C13H14FN3O4. The van der Waals surface area contributed by atoms with Gasteiger partial charge in [0.1, 0.15) is 18.4 Å². The minimum absolute atomic E-state index is 0.0506. The van der Waals surface area contributed by atoms with Crippen LogP contribution in [0.15, 0.2) is 18.2 Å². The minimum atomic E-state index is -1.18. The highest BCUT2D eigenvalue weighted by Crippen LogP contribution is 2.16. The van der Waals surface area contributed by atoms with E-state index in [1.165, 1.54) is 13.2 Å². The number of nitrogens with zero attached hydrogens (tertiary/aromatic N) is 2. The Morgan fingerprint density at radius 3 is 2.81 bits per heavy atom. The van der Waals surface area contributed by atoms with E-state index in [0.29, 0.717) is 0 Å². The van der Waals surface area contributed by atoms with Crippen molar-refractivity contribution in [2.75, 3.05) is 32.1 Å². The zero-order chi connectivity index (χ0) is 15.8. The number of aliphatic carboxylic acids is 1. The maximum Gasteiger partial charge on any atom is 0.323 e. The Balaban J connectivity index is 2.85. The first-order chi connectivity index (χ1) is 9.97. The second-order valence-electron chi connectivity index (χ2n) is 4.04. The van der Waals surface area contributed by atoms with E-state index in [1.807, 2.05) is 0 Å². The van der Waals surface area contributed by atoms with Crippen LogP contribution in [0.25, 0.3) is 0 Å². The molecule has 0 aliphatic carbocycles. The van der Waals surface area contributed by atoms with Crippen LogP contribution in [-0.2, 0) is 9.53 Å². The van der Waals surface area contributed by atoms with Crippen molar-refractivity contribution >= 4 is 17.7 Å². The first-order valence-electron chi connectivity index (χ1n) is 5.94. The molecule has 0 saturated carbocycles. The van der Waals surface area contributed by atoms with Gasteiger partial charge in [0.2, 0.25) is 0 Å². The molecule has 0 heterocycles. The number of amides is 2. The number of carbonyl (C=O) groups is 2.